The molecule has 1 aromatic rings. The van der Waals surface area contributed by atoms with Crippen molar-refractivity contribution in [3.8, 4) is 0 Å². The second kappa shape index (κ2) is 4.03. The molecule has 3 heteroatoms. The minimum absolute atomic E-state index is 0.677. The van der Waals surface area contributed by atoms with Crippen molar-refractivity contribution < 1.29 is 0 Å². The van der Waals surface area contributed by atoms with Crippen molar-refractivity contribution >= 4 is 5.69 Å². The molecule has 1 saturated carbocycles. The standard InChI is InChI=1S/C11H19N3/c1-8-10(12-2)11(14-13-8)9-6-4-3-5-7-9/h9,12H,3-7H2,1-2H3,(H,13,14). The van der Waals surface area contributed by atoms with Gasteiger partial charge in [-0.2, -0.15) is 5.10 Å². The van der Waals surface area contributed by atoms with Crippen LogP contribution in [0, 0.1) is 6.92 Å². The highest BCUT2D eigenvalue weighted by Crippen LogP contribution is 2.35. The molecular formula is C11H19N3. The molecule has 0 radical (unpaired) electrons. The van der Waals surface area contributed by atoms with Crippen LogP contribution in [0.2, 0.25) is 0 Å². The molecule has 1 aromatic heterocycles. The van der Waals surface area contributed by atoms with Gasteiger partial charge in [0.05, 0.1) is 17.1 Å². The smallest absolute Gasteiger partial charge is 0.0887 e. The van der Waals surface area contributed by atoms with Crippen LogP contribution in [0.15, 0.2) is 0 Å². The summed E-state index contributed by atoms with van der Waals surface area (Å²) in [6.07, 6.45) is 6.73. The van der Waals surface area contributed by atoms with E-state index in [-0.39, 0.29) is 0 Å². The van der Waals surface area contributed by atoms with E-state index < -0.39 is 0 Å². The molecule has 0 saturated heterocycles. The molecule has 0 spiro atoms. The van der Waals surface area contributed by atoms with E-state index in [1.165, 1.54) is 43.5 Å². The average molecular weight is 193 g/mol. The molecule has 0 bridgehead atoms. The van der Waals surface area contributed by atoms with Crippen molar-refractivity contribution in [2.75, 3.05) is 12.4 Å². The summed E-state index contributed by atoms with van der Waals surface area (Å²) in [4.78, 5) is 0. The van der Waals surface area contributed by atoms with Gasteiger partial charge in [0.2, 0.25) is 0 Å². The largest absolute Gasteiger partial charge is 0.385 e. The monoisotopic (exact) mass is 193 g/mol. The lowest BCUT2D eigenvalue weighted by Crippen LogP contribution is -2.07. The Balaban J connectivity index is 2.21. The molecule has 1 aliphatic rings. The summed E-state index contributed by atoms with van der Waals surface area (Å²) in [7, 11) is 1.98. The first-order chi connectivity index (χ1) is 6.83. The molecule has 1 heterocycles. The number of aromatic amines is 1. The van der Waals surface area contributed by atoms with Crippen molar-refractivity contribution in [2.24, 2.45) is 0 Å². The van der Waals surface area contributed by atoms with Gasteiger partial charge in [0.15, 0.2) is 0 Å². The molecular weight excluding hydrogens is 174 g/mol. The Morgan fingerprint density at radius 1 is 1.29 bits per heavy atom. The highest BCUT2D eigenvalue weighted by atomic mass is 15.1. The Morgan fingerprint density at radius 3 is 2.64 bits per heavy atom. The molecule has 78 valence electrons. The van der Waals surface area contributed by atoms with Crippen LogP contribution in [-0.2, 0) is 0 Å². The van der Waals surface area contributed by atoms with Gasteiger partial charge in [-0.05, 0) is 19.8 Å². The zero-order chi connectivity index (χ0) is 9.97. The number of aromatic nitrogens is 2. The number of rotatable bonds is 2. The van der Waals surface area contributed by atoms with Gasteiger partial charge in [-0.1, -0.05) is 19.3 Å². The van der Waals surface area contributed by atoms with E-state index in [9.17, 15) is 0 Å². The Labute approximate surface area is 85.3 Å². The van der Waals surface area contributed by atoms with Crippen molar-refractivity contribution in [1.29, 1.82) is 0 Å². The molecule has 0 amide bonds. The summed E-state index contributed by atoms with van der Waals surface area (Å²) in [5.74, 6) is 0.677. The molecule has 0 unspecified atom stereocenters. The molecule has 2 rings (SSSR count). The fourth-order valence-corrected chi connectivity index (χ4v) is 2.43. The topological polar surface area (TPSA) is 40.7 Å². The third kappa shape index (κ3) is 1.63. The molecule has 0 aliphatic heterocycles. The zero-order valence-corrected chi connectivity index (χ0v) is 9.06. The summed E-state index contributed by atoms with van der Waals surface area (Å²) in [5.41, 5.74) is 3.63. The minimum Gasteiger partial charge on any atom is -0.385 e. The summed E-state index contributed by atoms with van der Waals surface area (Å²) in [6.45, 7) is 2.07. The number of nitrogens with zero attached hydrogens (tertiary/aromatic N) is 1. The molecule has 2 N–H and O–H groups in total. The molecule has 1 aliphatic carbocycles. The van der Waals surface area contributed by atoms with Gasteiger partial charge in [-0.15, -0.1) is 0 Å². The van der Waals surface area contributed by atoms with Crippen LogP contribution in [0.4, 0.5) is 5.69 Å². The van der Waals surface area contributed by atoms with Gasteiger partial charge in [-0.25, -0.2) is 0 Å². The van der Waals surface area contributed by atoms with Crippen molar-refractivity contribution in [1.82, 2.24) is 10.2 Å². The molecule has 0 atom stereocenters. The van der Waals surface area contributed by atoms with Gasteiger partial charge >= 0.3 is 0 Å². The summed E-state index contributed by atoms with van der Waals surface area (Å²) >= 11 is 0. The fourth-order valence-electron chi connectivity index (χ4n) is 2.43. The predicted octanol–water partition coefficient (Wildman–Crippen LogP) is 2.81. The highest BCUT2D eigenvalue weighted by Gasteiger charge is 2.21. The normalized spacial score (nSPS) is 18.4. The van der Waals surface area contributed by atoms with E-state index in [0.29, 0.717) is 5.92 Å². The molecule has 0 aromatic carbocycles. The Kier molecular flexibility index (Phi) is 2.75. The Morgan fingerprint density at radius 2 is 2.00 bits per heavy atom. The molecule has 1 fully saturated rings. The quantitative estimate of drug-likeness (QED) is 0.758. The number of nitrogens with one attached hydrogen (secondary N) is 2. The van der Waals surface area contributed by atoms with Gasteiger partial charge in [0, 0.05) is 13.0 Å². The van der Waals surface area contributed by atoms with E-state index in [2.05, 4.69) is 22.4 Å². The van der Waals surface area contributed by atoms with Gasteiger partial charge in [0.25, 0.3) is 0 Å². The molecule has 14 heavy (non-hydrogen) atoms. The van der Waals surface area contributed by atoms with Crippen LogP contribution >= 0.6 is 0 Å². The maximum Gasteiger partial charge on any atom is 0.0887 e. The number of H-pyrrole nitrogens is 1. The van der Waals surface area contributed by atoms with E-state index >= 15 is 0 Å². The number of anilines is 1. The van der Waals surface area contributed by atoms with Crippen LogP contribution in [-0.4, -0.2) is 17.2 Å². The van der Waals surface area contributed by atoms with E-state index in [1.54, 1.807) is 0 Å². The maximum atomic E-state index is 4.42. The van der Waals surface area contributed by atoms with Gasteiger partial charge < -0.3 is 5.32 Å². The van der Waals surface area contributed by atoms with Crippen molar-refractivity contribution in [2.45, 2.75) is 44.9 Å². The van der Waals surface area contributed by atoms with Crippen molar-refractivity contribution in [3.63, 3.8) is 0 Å². The first-order valence-electron chi connectivity index (χ1n) is 5.55. The Hall–Kier alpha value is -0.990. The number of aryl methyl sites for hydroxylation is 1. The number of hydrogen-bond donors (Lipinski definition) is 2. The van der Waals surface area contributed by atoms with Gasteiger partial charge in [0.1, 0.15) is 0 Å². The predicted molar refractivity (Wildman–Crippen MR) is 58.7 cm³/mol. The maximum absolute atomic E-state index is 4.42. The first-order valence-corrected chi connectivity index (χ1v) is 5.55. The lowest BCUT2D eigenvalue weighted by atomic mass is 9.86. The lowest BCUT2D eigenvalue weighted by molar-refractivity contribution is 0.437. The van der Waals surface area contributed by atoms with Crippen molar-refractivity contribution in [3.05, 3.63) is 11.4 Å². The summed E-state index contributed by atoms with van der Waals surface area (Å²) in [6, 6.07) is 0. The average Bonchev–Trinajstić information content (AvgIpc) is 2.61. The second-order valence-electron chi connectivity index (χ2n) is 4.19. The van der Waals surface area contributed by atoms with Crippen LogP contribution in [0.25, 0.3) is 0 Å². The molecule has 3 nitrogen and oxygen atoms in total. The summed E-state index contributed by atoms with van der Waals surface area (Å²) < 4.78 is 0. The SMILES string of the molecule is CNc1c(C2CCCCC2)n[nH]c1C. The number of hydrogen-bond acceptors (Lipinski definition) is 2. The van der Waals surface area contributed by atoms with E-state index in [0.717, 1.165) is 5.69 Å². The highest BCUT2D eigenvalue weighted by molar-refractivity contribution is 5.52. The third-order valence-corrected chi connectivity index (χ3v) is 3.22. The minimum atomic E-state index is 0.677. The van der Waals surface area contributed by atoms with Crippen LogP contribution < -0.4 is 5.32 Å². The first kappa shape index (κ1) is 9.56. The lowest BCUT2D eigenvalue weighted by Gasteiger charge is -2.20. The Bertz CT molecular complexity index is 297. The van der Waals surface area contributed by atoms with Crippen LogP contribution in [0.5, 0.6) is 0 Å². The summed E-state index contributed by atoms with van der Waals surface area (Å²) in [5, 5.41) is 10.7. The van der Waals surface area contributed by atoms with Crippen LogP contribution in [0.3, 0.4) is 0 Å². The second-order valence-corrected chi connectivity index (χ2v) is 4.19. The van der Waals surface area contributed by atoms with Crippen LogP contribution in [0.1, 0.15) is 49.4 Å². The zero-order valence-electron chi connectivity index (χ0n) is 9.06. The third-order valence-electron chi connectivity index (χ3n) is 3.22. The van der Waals surface area contributed by atoms with Gasteiger partial charge in [-0.3, -0.25) is 5.10 Å². The van der Waals surface area contributed by atoms with E-state index in [1.807, 2.05) is 7.05 Å². The van der Waals surface area contributed by atoms with E-state index in [4.69, 9.17) is 0 Å². The fraction of sp³-hybridized carbons (Fsp3) is 0.727.